The van der Waals surface area contributed by atoms with Crippen LogP contribution >= 0.6 is 0 Å². The highest BCUT2D eigenvalue weighted by Crippen LogP contribution is 1.94. The third-order valence-corrected chi connectivity index (χ3v) is 2.33. The van der Waals surface area contributed by atoms with Crippen LogP contribution < -0.4 is 5.73 Å². The van der Waals surface area contributed by atoms with E-state index in [1.807, 2.05) is 0 Å². The zero-order chi connectivity index (χ0) is 19.1. The van der Waals surface area contributed by atoms with E-state index in [1.54, 1.807) is 6.08 Å². The summed E-state index contributed by atoms with van der Waals surface area (Å²) >= 11 is 0. The summed E-state index contributed by atoms with van der Waals surface area (Å²) < 4.78 is 0. The summed E-state index contributed by atoms with van der Waals surface area (Å²) in [5.74, 6) is -4.91. The maximum absolute atomic E-state index is 10.6. The van der Waals surface area contributed by atoms with Crippen molar-refractivity contribution in [3.05, 3.63) is 12.7 Å². The van der Waals surface area contributed by atoms with Crippen LogP contribution in [0, 0.1) is 0 Å². The van der Waals surface area contributed by atoms with Gasteiger partial charge in [-0.1, -0.05) is 6.08 Å². The van der Waals surface area contributed by atoms with E-state index in [0.29, 0.717) is 6.54 Å². The number of carbonyl (C=O) groups is 4. The van der Waals surface area contributed by atoms with Gasteiger partial charge in [-0.15, -0.1) is 6.58 Å². The van der Waals surface area contributed by atoms with Gasteiger partial charge in [0.25, 0.3) is 0 Å². The van der Waals surface area contributed by atoms with Crippen molar-refractivity contribution in [1.29, 1.82) is 0 Å². The van der Waals surface area contributed by atoms with E-state index in [9.17, 15) is 19.2 Å². The van der Waals surface area contributed by atoms with Gasteiger partial charge in [0.2, 0.25) is 0 Å². The minimum Gasteiger partial charge on any atom is -0.480 e. The Morgan fingerprint density at radius 1 is 0.750 bits per heavy atom. The summed E-state index contributed by atoms with van der Waals surface area (Å²) in [4.78, 5) is 44.4. The molecule has 0 aliphatic heterocycles. The number of hydrogen-bond acceptors (Lipinski definition) is 7. The lowest BCUT2D eigenvalue weighted by atomic mass is 10.4. The number of nitrogens with zero attached hydrogens (tertiary/aromatic N) is 2. The SMILES string of the molecule is C=CCN.O=C(O)CN(CCN(CC(=O)O)CC(=O)O)CC(=O)O. The average Bonchev–Trinajstić information content (AvgIpc) is 2.42. The Hall–Kier alpha value is -2.50. The van der Waals surface area contributed by atoms with Crippen LogP contribution in [-0.2, 0) is 19.2 Å². The summed E-state index contributed by atoms with van der Waals surface area (Å²) in [5.41, 5.74) is 4.91. The highest BCUT2D eigenvalue weighted by molar-refractivity contribution is 5.73. The Kier molecular flexibility index (Phi) is 14.0. The van der Waals surface area contributed by atoms with Crippen molar-refractivity contribution in [1.82, 2.24) is 9.80 Å². The molecule has 0 aromatic rings. The van der Waals surface area contributed by atoms with E-state index in [2.05, 4.69) is 6.58 Å². The predicted octanol–water partition coefficient (Wildman–Crippen LogP) is -1.94. The summed E-state index contributed by atoms with van der Waals surface area (Å²) in [6.45, 7) is 1.69. The van der Waals surface area contributed by atoms with Gasteiger partial charge in [0.05, 0.1) is 26.2 Å². The van der Waals surface area contributed by atoms with Crippen molar-refractivity contribution < 1.29 is 39.6 Å². The molecule has 0 saturated heterocycles. The van der Waals surface area contributed by atoms with Crippen LogP contribution in [-0.4, -0.2) is 99.9 Å². The summed E-state index contributed by atoms with van der Waals surface area (Å²) in [5, 5.41) is 34.5. The molecule has 11 heteroatoms. The van der Waals surface area contributed by atoms with Gasteiger partial charge in [-0.3, -0.25) is 29.0 Å². The Morgan fingerprint density at radius 2 is 0.958 bits per heavy atom. The highest BCUT2D eigenvalue weighted by atomic mass is 16.4. The van der Waals surface area contributed by atoms with Crippen molar-refractivity contribution in [2.24, 2.45) is 5.73 Å². The zero-order valence-electron chi connectivity index (χ0n) is 13.1. The molecule has 0 rings (SSSR count). The van der Waals surface area contributed by atoms with Gasteiger partial charge >= 0.3 is 23.9 Å². The fourth-order valence-corrected chi connectivity index (χ4v) is 1.48. The number of nitrogens with two attached hydrogens (primary N) is 1. The van der Waals surface area contributed by atoms with Gasteiger partial charge in [0, 0.05) is 19.6 Å². The molecule has 0 spiro atoms. The highest BCUT2D eigenvalue weighted by Gasteiger charge is 2.17. The molecule has 0 unspecified atom stereocenters. The first-order valence-corrected chi connectivity index (χ1v) is 6.75. The predicted molar refractivity (Wildman–Crippen MR) is 82.7 cm³/mol. The Balaban J connectivity index is 0. The van der Waals surface area contributed by atoms with Crippen molar-refractivity contribution in [2.75, 3.05) is 45.8 Å². The summed E-state index contributed by atoms with van der Waals surface area (Å²) in [6, 6.07) is 0. The first kappa shape index (κ1) is 23.8. The van der Waals surface area contributed by atoms with Gasteiger partial charge in [-0.05, 0) is 0 Å². The maximum Gasteiger partial charge on any atom is 0.317 e. The number of rotatable bonds is 12. The molecule has 0 aliphatic rings. The van der Waals surface area contributed by atoms with E-state index >= 15 is 0 Å². The van der Waals surface area contributed by atoms with Crippen LogP contribution in [0.3, 0.4) is 0 Å². The molecule has 138 valence electrons. The lowest BCUT2D eigenvalue weighted by molar-refractivity contribution is -0.145. The van der Waals surface area contributed by atoms with Crippen molar-refractivity contribution >= 4 is 23.9 Å². The molecule has 11 nitrogen and oxygen atoms in total. The van der Waals surface area contributed by atoms with Crippen LogP contribution in [0.25, 0.3) is 0 Å². The summed E-state index contributed by atoms with van der Waals surface area (Å²) in [7, 11) is 0. The Morgan fingerprint density at radius 3 is 1.08 bits per heavy atom. The third kappa shape index (κ3) is 17.6. The van der Waals surface area contributed by atoms with Gasteiger partial charge in [-0.25, -0.2) is 0 Å². The van der Waals surface area contributed by atoms with Crippen LogP contribution in [0.5, 0.6) is 0 Å². The molecule has 6 N–H and O–H groups in total. The van der Waals surface area contributed by atoms with Gasteiger partial charge in [-0.2, -0.15) is 0 Å². The zero-order valence-corrected chi connectivity index (χ0v) is 13.1. The molecule has 0 atom stereocenters. The smallest absolute Gasteiger partial charge is 0.317 e. The molecular formula is C13H23N3O8. The van der Waals surface area contributed by atoms with E-state index in [-0.39, 0.29) is 13.1 Å². The fraction of sp³-hybridized carbons (Fsp3) is 0.538. The molecule has 0 aromatic carbocycles. The van der Waals surface area contributed by atoms with Gasteiger partial charge in [0.1, 0.15) is 0 Å². The lowest BCUT2D eigenvalue weighted by Crippen LogP contribution is -2.43. The standard InChI is InChI=1S/C10H16N2O8.C3H7N/c13-7(14)3-11(4-8(15)16)1-2-12(5-9(17)18)6-10(19)20;1-2-3-4/h1-6H2,(H,13,14)(H,15,16)(H,17,18)(H,19,20);2H,1,3-4H2. The molecule has 0 bridgehead atoms. The van der Waals surface area contributed by atoms with E-state index in [4.69, 9.17) is 26.2 Å². The second-order valence-corrected chi connectivity index (χ2v) is 4.52. The van der Waals surface area contributed by atoms with E-state index in [0.717, 1.165) is 9.80 Å². The molecule has 0 fully saturated rings. The second kappa shape index (κ2) is 14.1. The molecule has 0 saturated carbocycles. The molecule has 0 radical (unpaired) electrons. The third-order valence-electron chi connectivity index (χ3n) is 2.33. The maximum atomic E-state index is 10.6. The average molecular weight is 349 g/mol. The van der Waals surface area contributed by atoms with E-state index in [1.165, 1.54) is 0 Å². The van der Waals surface area contributed by atoms with E-state index < -0.39 is 50.1 Å². The summed E-state index contributed by atoms with van der Waals surface area (Å²) in [6.07, 6.45) is 1.65. The monoisotopic (exact) mass is 349 g/mol. The topological polar surface area (TPSA) is 182 Å². The lowest BCUT2D eigenvalue weighted by Gasteiger charge is -2.23. The Labute approximate surface area is 138 Å². The number of hydrogen-bond donors (Lipinski definition) is 5. The van der Waals surface area contributed by atoms with Gasteiger partial charge < -0.3 is 26.2 Å². The molecule has 0 aliphatic carbocycles. The van der Waals surface area contributed by atoms with Crippen LogP contribution in [0.4, 0.5) is 0 Å². The number of aliphatic carboxylic acids is 4. The fourth-order valence-electron chi connectivity index (χ4n) is 1.48. The van der Waals surface area contributed by atoms with Gasteiger partial charge in [0.15, 0.2) is 0 Å². The number of carboxylic acids is 4. The van der Waals surface area contributed by atoms with Crippen molar-refractivity contribution in [3.63, 3.8) is 0 Å². The second-order valence-electron chi connectivity index (χ2n) is 4.52. The molecule has 0 amide bonds. The van der Waals surface area contributed by atoms with Crippen molar-refractivity contribution in [2.45, 2.75) is 0 Å². The minimum atomic E-state index is -1.23. The normalized spacial score (nSPS) is 9.96. The molecule has 0 aromatic heterocycles. The molecular weight excluding hydrogens is 326 g/mol. The van der Waals surface area contributed by atoms with Crippen LogP contribution in [0.1, 0.15) is 0 Å². The van der Waals surface area contributed by atoms with Crippen LogP contribution in [0.2, 0.25) is 0 Å². The Bertz CT molecular complexity index is 373. The largest absolute Gasteiger partial charge is 0.480 e. The first-order chi connectivity index (χ1) is 11.1. The number of carboxylic acid groups (broad SMARTS) is 4. The molecule has 0 heterocycles. The quantitative estimate of drug-likeness (QED) is 0.247. The van der Waals surface area contributed by atoms with Crippen molar-refractivity contribution in [3.8, 4) is 0 Å². The minimum absolute atomic E-state index is 0.0703. The first-order valence-electron chi connectivity index (χ1n) is 6.75. The molecule has 24 heavy (non-hydrogen) atoms. The van der Waals surface area contributed by atoms with Crippen LogP contribution in [0.15, 0.2) is 12.7 Å².